The van der Waals surface area contributed by atoms with Crippen molar-refractivity contribution in [3.63, 3.8) is 0 Å². The second kappa shape index (κ2) is 6.01. The van der Waals surface area contributed by atoms with Crippen molar-refractivity contribution in [1.29, 1.82) is 0 Å². The first-order chi connectivity index (χ1) is 11.7. The van der Waals surface area contributed by atoms with Gasteiger partial charge in [0.05, 0.1) is 23.3 Å². The standard InChI is InChI=1S/C17H16N6S/c1-11(17-22-14(9-24-17)12-6-4-3-5-7-12)21-15-13-8-20-23(2)16(13)19-10-18-15/h3-11H,1-2H3,(H,18,19,21)/t11-/m0/s1. The smallest absolute Gasteiger partial charge is 0.163 e. The van der Waals surface area contributed by atoms with Gasteiger partial charge in [-0.2, -0.15) is 5.10 Å². The summed E-state index contributed by atoms with van der Waals surface area (Å²) in [5, 5.41) is 11.7. The van der Waals surface area contributed by atoms with E-state index in [0.717, 1.165) is 33.1 Å². The Hall–Kier alpha value is -2.80. The molecule has 3 heterocycles. The second-order valence-corrected chi connectivity index (χ2v) is 6.42. The Bertz CT molecular complexity index is 975. The molecule has 0 aliphatic heterocycles. The van der Waals surface area contributed by atoms with Gasteiger partial charge in [0.15, 0.2) is 5.65 Å². The van der Waals surface area contributed by atoms with E-state index in [2.05, 4.69) is 44.8 Å². The lowest BCUT2D eigenvalue weighted by Crippen LogP contribution is -2.08. The van der Waals surface area contributed by atoms with Crippen molar-refractivity contribution in [3.8, 4) is 11.3 Å². The minimum atomic E-state index is 0.0470. The third-order valence-corrected chi connectivity index (χ3v) is 4.87. The molecule has 4 rings (SSSR count). The molecule has 0 spiro atoms. The molecule has 0 aliphatic rings. The molecule has 0 saturated heterocycles. The fraction of sp³-hybridized carbons (Fsp3) is 0.176. The SMILES string of the molecule is C[C@H](Nc1ncnc2c1cnn2C)c1nc(-c2ccccc2)cs1. The molecular formula is C17H16N6S. The molecule has 0 unspecified atom stereocenters. The van der Waals surface area contributed by atoms with Crippen molar-refractivity contribution in [2.24, 2.45) is 7.05 Å². The van der Waals surface area contributed by atoms with Crippen molar-refractivity contribution in [1.82, 2.24) is 24.7 Å². The molecule has 1 aromatic carbocycles. The highest BCUT2D eigenvalue weighted by Crippen LogP contribution is 2.28. The topological polar surface area (TPSA) is 68.5 Å². The molecular weight excluding hydrogens is 320 g/mol. The summed E-state index contributed by atoms with van der Waals surface area (Å²) >= 11 is 1.64. The first-order valence-electron chi connectivity index (χ1n) is 7.62. The number of aromatic nitrogens is 5. The first-order valence-corrected chi connectivity index (χ1v) is 8.50. The summed E-state index contributed by atoms with van der Waals surface area (Å²) in [7, 11) is 1.87. The Morgan fingerprint density at radius 2 is 2.00 bits per heavy atom. The molecule has 0 aliphatic carbocycles. The van der Waals surface area contributed by atoms with Gasteiger partial charge in [0, 0.05) is 18.0 Å². The predicted molar refractivity (Wildman–Crippen MR) is 95.9 cm³/mol. The lowest BCUT2D eigenvalue weighted by atomic mass is 10.2. The van der Waals surface area contributed by atoms with E-state index in [1.807, 2.05) is 25.2 Å². The summed E-state index contributed by atoms with van der Waals surface area (Å²) < 4.78 is 1.74. The molecule has 0 saturated carbocycles. The molecule has 120 valence electrons. The molecule has 3 aromatic heterocycles. The fourth-order valence-corrected chi connectivity index (χ4v) is 3.41. The van der Waals surface area contributed by atoms with Crippen LogP contribution in [0, 0.1) is 0 Å². The third-order valence-electron chi connectivity index (χ3n) is 3.84. The Morgan fingerprint density at radius 1 is 1.17 bits per heavy atom. The third kappa shape index (κ3) is 2.63. The van der Waals surface area contributed by atoms with Gasteiger partial charge in [0.2, 0.25) is 0 Å². The number of fused-ring (bicyclic) bond motifs is 1. The van der Waals surface area contributed by atoms with Crippen LogP contribution in [0.1, 0.15) is 18.0 Å². The maximum atomic E-state index is 4.75. The molecule has 0 amide bonds. The van der Waals surface area contributed by atoms with Crippen molar-refractivity contribution in [2.75, 3.05) is 5.32 Å². The van der Waals surface area contributed by atoms with Gasteiger partial charge >= 0.3 is 0 Å². The summed E-state index contributed by atoms with van der Waals surface area (Å²) in [6.45, 7) is 2.08. The number of benzene rings is 1. The Morgan fingerprint density at radius 3 is 2.83 bits per heavy atom. The molecule has 6 nitrogen and oxygen atoms in total. The number of hydrogen-bond donors (Lipinski definition) is 1. The monoisotopic (exact) mass is 336 g/mol. The van der Waals surface area contributed by atoms with Crippen LogP contribution < -0.4 is 5.32 Å². The molecule has 24 heavy (non-hydrogen) atoms. The zero-order valence-electron chi connectivity index (χ0n) is 13.3. The maximum Gasteiger partial charge on any atom is 0.163 e. The number of nitrogens with one attached hydrogen (secondary N) is 1. The zero-order valence-corrected chi connectivity index (χ0v) is 14.2. The summed E-state index contributed by atoms with van der Waals surface area (Å²) in [6, 6.07) is 10.2. The van der Waals surface area contributed by atoms with E-state index in [-0.39, 0.29) is 6.04 Å². The van der Waals surface area contributed by atoms with E-state index in [4.69, 9.17) is 4.98 Å². The summed E-state index contributed by atoms with van der Waals surface area (Å²) in [4.78, 5) is 13.4. The number of anilines is 1. The van der Waals surface area contributed by atoms with Gasteiger partial charge in [-0.05, 0) is 6.92 Å². The largest absolute Gasteiger partial charge is 0.360 e. The zero-order chi connectivity index (χ0) is 16.5. The highest BCUT2D eigenvalue weighted by molar-refractivity contribution is 7.10. The van der Waals surface area contributed by atoms with Crippen LogP contribution in [0.2, 0.25) is 0 Å². The Kier molecular flexibility index (Phi) is 3.70. The number of nitrogens with zero attached hydrogens (tertiary/aromatic N) is 5. The van der Waals surface area contributed by atoms with E-state index >= 15 is 0 Å². The van der Waals surface area contributed by atoms with Crippen molar-refractivity contribution in [3.05, 3.63) is 53.2 Å². The molecule has 1 N–H and O–H groups in total. The van der Waals surface area contributed by atoms with Gasteiger partial charge in [0.1, 0.15) is 17.2 Å². The number of rotatable bonds is 4. The van der Waals surface area contributed by atoms with Crippen LogP contribution in [-0.4, -0.2) is 24.7 Å². The number of aryl methyl sites for hydroxylation is 1. The molecule has 7 heteroatoms. The lowest BCUT2D eigenvalue weighted by molar-refractivity contribution is 0.785. The van der Waals surface area contributed by atoms with Crippen LogP contribution in [0.5, 0.6) is 0 Å². The van der Waals surface area contributed by atoms with Crippen LogP contribution >= 0.6 is 11.3 Å². The van der Waals surface area contributed by atoms with Gasteiger partial charge in [-0.3, -0.25) is 4.68 Å². The van der Waals surface area contributed by atoms with Gasteiger partial charge in [0.25, 0.3) is 0 Å². The van der Waals surface area contributed by atoms with Gasteiger partial charge < -0.3 is 5.32 Å². The highest BCUT2D eigenvalue weighted by atomic mass is 32.1. The van der Waals surface area contributed by atoms with E-state index < -0.39 is 0 Å². The average molecular weight is 336 g/mol. The quantitative estimate of drug-likeness (QED) is 0.616. The Balaban J connectivity index is 1.60. The van der Waals surface area contributed by atoms with Crippen molar-refractivity contribution >= 4 is 28.2 Å². The maximum absolute atomic E-state index is 4.75. The minimum absolute atomic E-state index is 0.0470. The molecule has 4 aromatic rings. The van der Waals surface area contributed by atoms with E-state index in [1.54, 1.807) is 28.5 Å². The Labute approximate surface area is 143 Å². The first kappa shape index (κ1) is 14.8. The molecule has 0 bridgehead atoms. The van der Waals surface area contributed by atoms with Gasteiger partial charge in [-0.25, -0.2) is 15.0 Å². The van der Waals surface area contributed by atoms with Crippen LogP contribution in [0.15, 0.2) is 48.2 Å². The lowest BCUT2D eigenvalue weighted by Gasteiger charge is -2.12. The number of hydrogen-bond acceptors (Lipinski definition) is 6. The summed E-state index contributed by atoms with van der Waals surface area (Å²) in [5.41, 5.74) is 2.94. The fourth-order valence-electron chi connectivity index (χ4n) is 2.57. The highest BCUT2D eigenvalue weighted by Gasteiger charge is 2.15. The van der Waals surface area contributed by atoms with Gasteiger partial charge in [-0.15, -0.1) is 11.3 Å². The van der Waals surface area contributed by atoms with E-state index in [1.165, 1.54) is 0 Å². The van der Waals surface area contributed by atoms with Crippen LogP contribution in [0.25, 0.3) is 22.3 Å². The molecule has 1 atom stereocenters. The number of thiazole rings is 1. The van der Waals surface area contributed by atoms with Crippen molar-refractivity contribution in [2.45, 2.75) is 13.0 Å². The average Bonchev–Trinajstić information content (AvgIpc) is 3.24. The predicted octanol–water partition coefficient (Wildman–Crippen LogP) is 3.66. The molecule has 0 radical (unpaired) electrons. The molecule has 0 fully saturated rings. The van der Waals surface area contributed by atoms with Crippen LogP contribution in [0.3, 0.4) is 0 Å². The van der Waals surface area contributed by atoms with Crippen LogP contribution in [-0.2, 0) is 7.05 Å². The van der Waals surface area contributed by atoms with Gasteiger partial charge in [-0.1, -0.05) is 30.3 Å². The summed E-state index contributed by atoms with van der Waals surface area (Å²) in [5.74, 6) is 0.775. The van der Waals surface area contributed by atoms with Crippen molar-refractivity contribution < 1.29 is 0 Å². The van der Waals surface area contributed by atoms with E-state index in [9.17, 15) is 0 Å². The minimum Gasteiger partial charge on any atom is -0.360 e. The summed E-state index contributed by atoms with van der Waals surface area (Å²) in [6.07, 6.45) is 3.33. The normalized spacial score (nSPS) is 12.4. The second-order valence-electron chi connectivity index (χ2n) is 5.53. The van der Waals surface area contributed by atoms with Crippen LogP contribution in [0.4, 0.5) is 5.82 Å². The van der Waals surface area contributed by atoms with E-state index in [0.29, 0.717) is 0 Å².